The molecule has 0 atom stereocenters. The van der Waals surface area contributed by atoms with Crippen molar-refractivity contribution >= 4 is 5.91 Å². The Bertz CT molecular complexity index is 619. The summed E-state index contributed by atoms with van der Waals surface area (Å²) in [5, 5.41) is 8.56. The molecule has 8 nitrogen and oxygen atoms in total. The summed E-state index contributed by atoms with van der Waals surface area (Å²) in [5.74, 6) is 1.76. The number of aromatic nitrogens is 6. The lowest BCUT2D eigenvalue weighted by Gasteiger charge is -2.19. The number of aryl methyl sites for hydroxylation is 1. The highest BCUT2D eigenvalue weighted by atomic mass is 16.2. The number of hydrogen-bond donors (Lipinski definition) is 0. The molecular formula is C14H21N7O. The van der Waals surface area contributed by atoms with Gasteiger partial charge in [0.1, 0.15) is 25.0 Å². The molecule has 1 aliphatic heterocycles. The molecular weight excluding hydrogens is 282 g/mol. The minimum Gasteiger partial charge on any atom is -0.335 e. The molecule has 1 saturated heterocycles. The molecule has 2 aromatic rings. The largest absolute Gasteiger partial charge is 0.335 e. The Balaban J connectivity index is 1.74. The van der Waals surface area contributed by atoms with Crippen molar-refractivity contribution in [2.75, 3.05) is 6.54 Å². The van der Waals surface area contributed by atoms with Gasteiger partial charge in [0.05, 0.1) is 6.54 Å². The third kappa shape index (κ3) is 3.32. The van der Waals surface area contributed by atoms with Crippen LogP contribution in [0.5, 0.6) is 0 Å². The van der Waals surface area contributed by atoms with E-state index in [9.17, 15) is 4.79 Å². The molecule has 0 N–H and O–H groups in total. The normalized spacial score (nSPS) is 16.0. The molecule has 1 amide bonds. The fourth-order valence-electron chi connectivity index (χ4n) is 2.70. The van der Waals surface area contributed by atoms with Gasteiger partial charge in [-0.25, -0.2) is 19.3 Å². The predicted octanol–water partition coefficient (Wildman–Crippen LogP) is 0.840. The van der Waals surface area contributed by atoms with Crippen LogP contribution in [0.2, 0.25) is 0 Å². The van der Waals surface area contributed by atoms with Crippen LogP contribution in [0.25, 0.3) is 0 Å². The Labute approximate surface area is 129 Å². The van der Waals surface area contributed by atoms with E-state index < -0.39 is 0 Å². The molecule has 2 aromatic heterocycles. The Morgan fingerprint density at radius 2 is 2.14 bits per heavy atom. The maximum Gasteiger partial charge on any atom is 0.222 e. The Morgan fingerprint density at radius 3 is 2.91 bits per heavy atom. The van der Waals surface area contributed by atoms with Crippen LogP contribution in [0.1, 0.15) is 44.3 Å². The first-order valence-electron chi connectivity index (χ1n) is 7.79. The molecule has 22 heavy (non-hydrogen) atoms. The Morgan fingerprint density at radius 1 is 1.23 bits per heavy atom. The van der Waals surface area contributed by atoms with Crippen molar-refractivity contribution in [3.05, 3.63) is 24.3 Å². The van der Waals surface area contributed by atoms with Crippen LogP contribution in [-0.2, 0) is 24.4 Å². The average molecular weight is 303 g/mol. The zero-order chi connectivity index (χ0) is 15.4. The van der Waals surface area contributed by atoms with Crippen LogP contribution in [-0.4, -0.2) is 46.9 Å². The van der Waals surface area contributed by atoms with Crippen molar-refractivity contribution in [1.29, 1.82) is 0 Å². The van der Waals surface area contributed by atoms with Crippen LogP contribution in [0.15, 0.2) is 12.7 Å². The van der Waals surface area contributed by atoms with E-state index in [0.29, 0.717) is 25.3 Å². The zero-order valence-electron chi connectivity index (χ0n) is 12.9. The highest BCUT2D eigenvalue weighted by Crippen LogP contribution is 2.14. The third-order valence-corrected chi connectivity index (χ3v) is 3.87. The van der Waals surface area contributed by atoms with Crippen LogP contribution in [0.4, 0.5) is 0 Å². The van der Waals surface area contributed by atoms with Gasteiger partial charge in [-0.3, -0.25) is 4.79 Å². The fraction of sp³-hybridized carbons (Fsp3) is 0.643. The summed E-state index contributed by atoms with van der Waals surface area (Å²) >= 11 is 0. The molecule has 0 spiro atoms. The van der Waals surface area contributed by atoms with E-state index in [1.807, 2.05) is 16.5 Å². The van der Waals surface area contributed by atoms with Crippen molar-refractivity contribution in [1.82, 2.24) is 34.4 Å². The van der Waals surface area contributed by atoms with Gasteiger partial charge in [-0.1, -0.05) is 6.42 Å². The van der Waals surface area contributed by atoms with Crippen molar-refractivity contribution in [3.8, 4) is 0 Å². The second kappa shape index (κ2) is 6.67. The summed E-state index contributed by atoms with van der Waals surface area (Å²) in [6, 6.07) is 0. The smallest absolute Gasteiger partial charge is 0.222 e. The molecule has 0 radical (unpaired) electrons. The molecule has 1 aliphatic rings. The summed E-state index contributed by atoms with van der Waals surface area (Å²) < 4.78 is 3.56. The monoisotopic (exact) mass is 303 g/mol. The average Bonchev–Trinajstić information content (AvgIpc) is 3.10. The van der Waals surface area contributed by atoms with Gasteiger partial charge in [-0.2, -0.15) is 10.2 Å². The van der Waals surface area contributed by atoms with Crippen LogP contribution < -0.4 is 0 Å². The van der Waals surface area contributed by atoms with Gasteiger partial charge in [-0.15, -0.1) is 0 Å². The number of carbonyl (C=O) groups is 1. The minimum absolute atomic E-state index is 0.223. The summed E-state index contributed by atoms with van der Waals surface area (Å²) in [5.41, 5.74) is 0. The first kappa shape index (κ1) is 14.7. The Hall–Kier alpha value is -2.25. The van der Waals surface area contributed by atoms with Gasteiger partial charge in [0.2, 0.25) is 5.91 Å². The van der Waals surface area contributed by atoms with Gasteiger partial charge in [0.25, 0.3) is 0 Å². The molecule has 118 valence electrons. The van der Waals surface area contributed by atoms with Gasteiger partial charge < -0.3 is 4.90 Å². The highest BCUT2D eigenvalue weighted by molar-refractivity contribution is 5.76. The number of nitrogens with zero attached hydrogens (tertiary/aromatic N) is 7. The molecule has 0 unspecified atom stereocenters. The van der Waals surface area contributed by atoms with E-state index in [1.165, 1.54) is 6.33 Å². The number of likely N-dealkylation sites (tertiary alicyclic amines) is 1. The van der Waals surface area contributed by atoms with Gasteiger partial charge in [0.15, 0.2) is 5.82 Å². The lowest BCUT2D eigenvalue weighted by atomic mass is 10.2. The lowest BCUT2D eigenvalue weighted by molar-refractivity contribution is -0.131. The van der Waals surface area contributed by atoms with E-state index >= 15 is 0 Å². The summed E-state index contributed by atoms with van der Waals surface area (Å²) in [4.78, 5) is 22.5. The minimum atomic E-state index is 0.223. The fourth-order valence-corrected chi connectivity index (χ4v) is 2.70. The van der Waals surface area contributed by atoms with Crippen LogP contribution in [0, 0.1) is 0 Å². The molecule has 0 bridgehead atoms. The molecule has 1 fully saturated rings. The highest BCUT2D eigenvalue weighted by Gasteiger charge is 2.20. The number of rotatable bonds is 5. The molecule has 3 heterocycles. The zero-order valence-corrected chi connectivity index (χ0v) is 12.9. The van der Waals surface area contributed by atoms with Gasteiger partial charge in [-0.05, 0) is 19.8 Å². The van der Waals surface area contributed by atoms with Gasteiger partial charge >= 0.3 is 0 Å². The van der Waals surface area contributed by atoms with Crippen molar-refractivity contribution in [2.45, 2.75) is 52.2 Å². The quantitative estimate of drug-likeness (QED) is 0.817. The number of carbonyl (C=O) groups excluding carboxylic acids is 1. The maximum absolute atomic E-state index is 12.1. The predicted molar refractivity (Wildman–Crippen MR) is 78.7 cm³/mol. The van der Waals surface area contributed by atoms with Crippen molar-refractivity contribution < 1.29 is 4.79 Å². The third-order valence-electron chi connectivity index (χ3n) is 3.87. The molecule has 0 aromatic carbocycles. The second-order valence-corrected chi connectivity index (χ2v) is 5.48. The molecule has 0 aliphatic carbocycles. The topological polar surface area (TPSA) is 81.7 Å². The SMILES string of the molecule is CCn1nc(Cn2cncn2)nc1CN1CCCCCC1=O. The Kier molecular flexibility index (Phi) is 4.45. The van der Waals surface area contributed by atoms with Crippen LogP contribution in [0.3, 0.4) is 0 Å². The summed E-state index contributed by atoms with van der Waals surface area (Å²) in [6.07, 6.45) is 6.97. The van der Waals surface area contributed by atoms with Crippen molar-refractivity contribution in [2.24, 2.45) is 0 Å². The second-order valence-electron chi connectivity index (χ2n) is 5.48. The van der Waals surface area contributed by atoms with Crippen LogP contribution >= 0.6 is 0 Å². The molecule has 8 heteroatoms. The lowest BCUT2D eigenvalue weighted by Crippen LogP contribution is -2.31. The number of amides is 1. The van der Waals surface area contributed by atoms with E-state index in [2.05, 4.69) is 20.2 Å². The number of hydrogen-bond acceptors (Lipinski definition) is 5. The maximum atomic E-state index is 12.1. The standard InChI is InChI=1S/C14H21N7O/c1-2-21-13(9-19-7-5-3-4-6-14(19)22)17-12(18-21)8-20-11-15-10-16-20/h10-11H,2-9H2,1H3. The molecule has 0 saturated carbocycles. The van der Waals surface area contributed by atoms with Crippen molar-refractivity contribution in [3.63, 3.8) is 0 Å². The van der Waals surface area contributed by atoms with E-state index in [-0.39, 0.29) is 5.91 Å². The first-order valence-corrected chi connectivity index (χ1v) is 7.79. The first-order chi connectivity index (χ1) is 10.8. The summed E-state index contributed by atoms with van der Waals surface area (Å²) in [6.45, 7) is 4.61. The van der Waals surface area contributed by atoms with Gasteiger partial charge in [0, 0.05) is 19.5 Å². The molecule has 3 rings (SSSR count). The summed E-state index contributed by atoms with van der Waals surface area (Å²) in [7, 11) is 0. The van der Waals surface area contributed by atoms with E-state index in [1.54, 1.807) is 11.0 Å². The van der Waals surface area contributed by atoms with E-state index in [0.717, 1.165) is 38.2 Å². The van der Waals surface area contributed by atoms with E-state index in [4.69, 9.17) is 0 Å².